The Morgan fingerprint density at radius 3 is 2.00 bits per heavy atom. The highest BCUT2D eigenvalue weighted by Gasteiger charge is 1.35. The van der Waals surface area contributed by atoms with Gasteiger partial charge in [-0.15, -0.1) is 0 Å². The molecule has 1 N–H and O–H groups in total. The van der Waals surface area contributed by atoms with Crippen LogP contribution < -0.4 is 5.32 Å². The highest BCUT2D eigenvalue weighted by atomic mass is 14.8. The Balaban J connectivity index is 0. The lowest BCUT2D eigenvalue weighted by Crippen LogP contribution is -1.87. The van der Waals surface area contributed by atoms with Gasteiger partial charge in [-0.25, -0.2) is 0 Å². The smallest absolute Gasteiger partial charge is 0.00275 e. The highest BCUT2D eigenvalue weighted by molar-refractivity contribution is 4.55. The van der Waals surface area contributed by atoms with E-state index in [0.29, 0.717) is 0 Å². The van der Waals surface area contributed by atoms with E-state index in [1.165, 1.54) is 0 Å². The molecule has 0 rings (SSSR count). The van der Waals surface area contributed by atoms with E-state index in [1.54, 1.807) is 6.20 Å². The van der Waals surface area contributed by atoms with Crippen LogP contribution in [0.4, 0.5) is 0 Å². The van der Waals surface area contributed by atoms with Gasteiger partial charge in [0.2, 0.25) is 0 Å². The summed E-state index contributed by atoms with van der Waals surface area (Å²) in [6.45, 7) is 3.37. The maximum Gasteiger partial charge on any atom is 0.00275 e. The van der Waals surface area contributed by atoms with Gasteiger partial charge in [-0.1, -0.05) is 14.0 Å². The minimum absolute atomic E-state index is 0. The topological polar surface area (TPSA) is 12.0 Å². The molecule has 5 heavy (non-hydrogen) atoms. The van der Waals surface area contributed by atoms with Crippen LogP contribution in [-0.2, 0) is 0 Å². The minimum Gasteiger partial charge on any atom is -0.394 e. The third-order valence-corrected chi connectivity index (χ3v) is 0.204. The fraction of sp³-hybridized carbons (Fsp3) is 0.500. The number of nitrogens with one attached hydrogen (secondary N) is 1. The van der Waals surface area contributed by atoms with Gasteiger partial charge in [0.05, 0.1) is 0 Å². The molecule has 0 saturated heterocycles. The van der Waals surface area contributed by atoms with Crippen molar-refractivity contribution in [2.75, 3.05) is 7.05 Å². The molecule has 0 saturated carbocycles. The SMILES string of the molecule is C.C=CNC. The van der Waals surface area contributed by atoms with E-state index in [0.717, 1.165) is 0 Å². The first-order valence-corrected chi connectivity index (χ1v) is 1.20. The zero-order chi connectivity index (χ0) is 3.41. The van der Waals surface area contributed by atoms with E-state index in [-0.39, 0.29) is 7.43 Å². The highest BCUT2D eigenvalue weighted by Crippen LogP contribution is 1.32. The summed E-state index contributed by atoms with van der Waals surface area (Å²) < 4.78 is 0. The molecule has 0 atom stereocenters. The quantitative estimate of drug-likeness (QED) is 0.488. The van der Waals surface area contributed by atoms with E-state index >= 15 is 0 Å². The molecule has 0 spiro atoms. The van der Waals surface area contributed by atoms with Gasteiger partial charge >= 0.3 is 0 Å². The van der Waals surface area contributed by atoms with Gasteiger partial charge in [0, 0.05) is 7.05 Å². The van der Waals surface area contributed by atoms with Crippen molar-refractivity contribution in [3.8, 4) is 0 Å². The molecule has 0 heterocycles. The molecule has 0 bridgehead atoms. The van der Waals surface area contributed by atoms with Crippen molar-refractivity contribution in [3.05, 3.63) is 12.8 Å². The third kappa shape index (κ3) is 28.8. The molecule has 32 valence electrons. The molecular weight excluding hydrogens is 62.1 g/mol. The van der Waals surface area contributed by atoms with Crippen LogP contribution in [0.15, 0.2) is 12.8 Å². The summed E-state index contributed by atoms with van der Waals surface area (Å²) in [5.74, 6) is 0. The Morgan fingerprint density at radius 1 is 1.80 bits per heavy atom. The van der Waals surface area contributed by atoms with Crippen LogP contribution in [-0.4, -0.2) is 7.05 Å². The molecule has 0 aromatic carbocycles. The number of rotatable bonds is 1. The Labute approximate surface area is 33.7 Å². The lowest BCUT2D eigenvalue weighted by Gasteiger charge is -1.70. The summed E-state index contributed by atoms with van der Waals surface area (Å²) in [4.78, 5) is 0. The second-order valence-electron chi connectivity index (χ2n) is 0.493. The number of hydrogen-bond donors (Lipinski definition) is 1. The second kappa shape index (κ2) is 9.63. The normalized spacial score (nSPS) is 4.20. The van der Waals surface area contributed by atoms with Gasteiger partial charge < -0.3 is 5.32 Å². The fourth-order valence-electron chi connectivity index (χ4n) is 0. The molecule has 0 unspecified atom stereocenters. The van der Waals surface area contributed by atoms with Gasteiger partial charge in [-0.3, -0.25) is 0 Å². The van der Waals surface area contributed by atoms with Gasteiger partial charge in [-0.2, -0.15) is 0 Å². The van der Waals surface area contributed by atoms with Gasteiger partial charge in [0.15, 0.2) is 0 Å². The third-order valence-electron chi connectivity index (χ3n) is 0.204. The van der Waals surface area contributed by atoms with E-state index in [2.05, 4.69) is 11.9 Å². The van der Waals surface area contributed by atoms with Crippen molar-refractivity contribution in [2.45, 2.75) is 7.43 Å². The van der Waals surface area contributed by atoms with E-state index in [1.807, 2.05) is 7.05 Å². The summed E-state index contributed by atoms with van der Waals surface area (Å²) in [5, 5.41) is 2.69. The summed E-state index contributed by atoms with van der Waals surface area (Å²) in [7, 11) is 1.81. The average Bonchev–Trinajstić information content (AvgIpc) is 1.37. The lowest BCUT2D eigenvalue weighted by molar-refractivity contribution is 1.11. The van der Waals surface area contributed by atoms with Crippen molar-refractivity contribution in [3.63, 3.8) is 0 Å². The van der Waals surface area contributed by atoms with E-state index in [9.17, 15) is 0 Å². The molecular formula is C4H11N. The second-order valence-corrected chi connectivity index (χ2v) is 0.493. The van der Waals surface area contributed by atoms with Crippen LogP contribution in [0, 0.1) is 0 Å². The molecule has 0 radical (unpaired) electrons. The van der Waals surface area contributed by atoms with Crippen LogP contribution in [0.3, 0.4) is 0 Å². The van der Waals surface area contributed by atoms with E-state index in [4.69, 9.17) is 0 Å². The predicted molar refractivity (Wildman–Crippen MR) is 26.0 cm³/mol. The van der Waals surface area contributed by atoms with Crippen LogP contribution in [0.25, 0.3) is 0 Å². The summed E-state index contributed by atoms with van der Waals surface area (Å²) in [6, 6.07) is 0. The Morgan fingerprint density at radius 2 is 2.00 bits per heavy atom. The van der Waals surface area contributed by atoms with Crippen LogP contribution >= 0.6 is 0 Å². The maximum absolute atomic E-state index is 3.37. The minimum atomic E-state index is 0. The van der Waals surface area contributed by atoms with Crippen LogP contribution in [0.1, 0.15) is 7.43 Å². The maximum atomic E-state index is 3.37. The molecule has 0 aliphatic heterocycles. The van der Waals surface area contributed by atoms with Crippen molar-refractivity contribution >= 4 is 0 Å². The zero-order valence-corrected chi connectivity index (χ0v) is 2.78. The van der Waals surface area contributed by atoms with Crippen molar-refractivity contribution in [2.24, 2.45) is 0 Å². The van der Waals surface area contributed by atoms with Crippen molar-refractivity contribution in [1.29, 1.82) is 0 Å². The summed E-state index contributed by atoms with van der Waals surface area (Å²) in [5.41, 5.74) is 0. The zero-order valence-electron chi connectivity index (χ0n) is 2.78. The first kappa shape index (κ1) is 8.82. The molecule has 1 nitrogen and oxygen atoms in total. The van der Waals surface area contributed by atoms with Gasteiger partial charge in [-0.05, 0) is 6.20 Å². The predicted octanol–water partition coefficient (Wildman–Crippen LogP) is 0.985. The largest absolute Gasteiger partial charge is 0.394 e. The summed E-state index contributed by atoms with van der Waals surface area (Å²) in [6.07, 6.45) is 1.62. The van der Waals surface area contributed by atoms with Crippen LogP contribution in [0.5, 0.6) is 0 Å². The number of hydrogen-bond acceptors (Lipinski definition) is 1. The molecule has 0 aromatic rings. The fourth-order valence-corrected chi connectivity index (χ4v) is 0. The van der Waals surface area contributed by atoms with Crippen LogP contribution in [0.2, 0.25) is 0 Å². The first-order valence-electron chi connectivity index (χ1n) is 1.20. The Hall–Kier alpha value is -0.460. The lowest BCUT2D eigenvalue weighted by atomic mass is 11.0. The molecule has 0 aliphatic rings. The van der Waals surface area contributed by atoms with E-state index < -0.39 is 0 Å². The first-order chi connectivity index (χ1) is 1.91. The van der Waals surface area contributed by atoms with Gasteiger partial charge in [0.1, 0.15) is 0 Å². The average molecular weight is 73.1 g/mol. The molecule has 0 aliphatic carbocycles. The molecule has 1 heteroatoms. The molecule has 0 amide bonds. The Kier molecular flexibility index (Phi) is 17.0. The monoisotopic (exact) mass is 73.1 g/mol. The standard InChI is InChI=1S/C3H7N.CH4/c1-3-4-2;/h3-4H,1H2,2H3;1H4. The molecule has 0 fully saturated rings. The molecule has 0 aromatic heterocycles. The van der Waals surface area contributed by atoms with Gasteiger partial charge in [0.25, 0.3) is 0 Å². The summed E-state index contributed by atoms with van der Waals surface area (Å²) >= 11 is 0. The van der Waals surface area contributed by atoms with Crippen molar-refractivity contribution in [1.82, 2.24) is 5.32 Å². The Bertz CT molecular complexity index is 17.6. The van der Waals surface area contributed by atoms with Crippen molar-refractivity contribution < 1.29 is 0 Å².